The van der Waals surface area contributed by atoms with Crippen molar-refractivity contribution in [2.24, 2.45) is 23.7 Å². The highest BCUT2D eigenvalue weighted by molar-refractivity contribution is 6.06. The van der Waals surface area contributed by atoms with Crippen LogP contribution in [0.1, 0.15) is 19.8 Å². The summed E-state index contributed by atoms with van der Waals surface area (Å²) in [5.74, 6) is 0.286. The fraction of sp³-hybridized carbons (Fsp3) is 0.692. The zero-order valence-electron chi connectivity index (χ0n) is 9.87. The summed E-state index contributed by atoms with van der Waals surface area (Å²) in [6.07, 6.45) is 5.63. The van der Waals surface area contributed by atoms with E-state index >= 15 is 0 Å². The van der Waals surface area contributed by atoms with Crippen molar-refractivity contribution in [1.29, 1.82) is 0 Å². The van der Waals surface area contributed by atoms with E-state index in [-0.39, 0.29) is 48.1 Å². The number of aliphatic hydroxyl groups is 1. The molecule has 0 radical (unpaired) electrons. The molecule has 4 heteroatoms. The standard InChI is InChI=1S/C13H17NO3/c1-7(4-5-15)14-12(16)10-8-2-3-9(6-8)11(10)13(14)17/h2-3,7-11,15H,4-6H2,1H3. The van der Waals surface area contributed by atoms with E-state index in [0.29, 0.717) is 6.42 Å². The number of rotatable bonds is 3. The first-order valence-corrected chi connectivity index (χ1v) is 6.31. The summed E-state index contributed by atoms with van der Waals surface area (Å²) in [6.45, 7) is 1.85. The third-order valence-corrected chi connectivity index (χ3v) is 4.49. The number of imide groups is 1. The fourth-order valence-electron chi connectivity index (χ4n) is 3.68. The number of likely N-dealkylation sites (tertiary alicyclic amines) is 1. The summed E-state index contributed by atoms with van der Waals surface area (Å²) in [5.41, 5.74) is 0. The summed E-state index contributed by atoms with van der Waals surface area (Å²) in [6, 6.07) is -0.176. The van der Waals surface area contributed by atoms with Gasteiger partial charge in [-0.25, -0.2) is 0 Å². The highest BCUT2D eigenvalue weighted by Gasteiger charge is 2.59. The number of carbonyl (C=O) groups excluding carboxylic acids is 2. The molecular weight excluding hydrogens is 218 g/mol. The van der Waals surface area contributed by atoms with E-state index in [1.807, 2.05) is 6.92 Å². The molecule has 1 saturated carbocycles. The van der Waals surface area contributed by atoms with Crippen LogP contribution in [0, 0.1) is 23.7 Å². The van der Waals surface area contributed by atoms with E-state index in [9.17, 15) is 9.59 Å². The van der Waals surface area contributed by atoms with Gasteiger partial charge in [0.2, 0.25) is 11.8 Å². The van der Waals surface area contributed by atoms with Crippen LogP contribution < -0.4 is 0 Å². The van der Waals surface area contributed by atoms with E-state index in [1.54, 1.807) is 0 Å². The third kappa shape index (κ3) is 1.33. The minimum absolute atomic E-state index is 0.0126. The first kappa shape index (κ1) is 11.0. The van der Waals surface area contributed by atoms with Crippen LogP contribution in [0.25, 0.3) is 0 Å². The molecule has 1 aliphatic heterocycles. The number of nitrogens with zero attached hydrogens (tertiary/aromatic N) is 1. The van der Waals surface area contributed by atoms with Crippen molar-refractivity contribution in [3.05, 3.63) is 12.2 Å². The zero-order valence-corrected chi connectivity index (χ0v) is 9.87. The van der Waals surface area contributed by atoms with Crippen LogP contribution in [-0.2, 0) is 9.59 Å². The first-order chi connectivity index (χ1) is 8.15. The van der Waals surface area contributed by atoms with E-state index in [0.717, 1.165) is 6.42 Å². The van der Waals surface area contributed by atoms with Gasteiger partial charge in [0.15, 0.2) is 0 Å². The first-order valence-electron chi connectivity index (χ1n) is 6.31. The highest BCUT2D eigenvalue weighted by atomic mass is 16.3. The smallest absolute Gasteiger partial charge is 0.233 e. The molecule has 2 amide bonds. The Kier molecular flexibility index (Phi) is 2.36. The minimum atomic E-state index is -0.176. The topological polar surface area (TPSA) is 57.6 Å². The Labute approximate surface area is 100 Å². The molecule has 0 aromatic heterocycles. The molecule has 2 aliphatic carbocycles. The molecule has 0 aromatic carbocycles. The molecule has 5 atom stereocenters. The molecule has 17 heavy (non-hydrogen) atoms. The van der Waals surface area contributed by atoms with E-state index in [4.69, 9.17) is 5.11 Å². The van der Waals surface area contributed by atoms with Crippen molar-refractivity contribution in [3.8, 4) is 0 Å². The lowest BCUT2D eigenvalue weighted by atomic mass is 9.85. The maximum atomic E-state index is 12.3. The van der Waals surface area contributed by atoms with Crippen LogP contribution in [0.15, 0.2) is 12.2 Å². The molecule has 2 bridgehead atoms. The van der Waals surface area contributed by atoms with Crippen molar-refractivity contribution in [2.45, 2.75) is 25.8 Å². The molecule has 1 saturated heterocycles. The van der Waals surface area contributed by atoms with Crippen LogP contribution in [-0.4, -0.2) is 34.5 Å². The van der Waals surface area contributed by atoms with Crippen LogP contribution in [0.4, 0.5) is 0 Å². The molecule has 2 fully saturated rings. The second-order valence-corrected chi connectivity index (χ2v) is 5.41. The van der Waals surface area contributed by atoms with Crippen molar-refractivity contribution >= 4 is 11.8 Å². The molecule has 3 rings (SSSR count). The maximum absolute atomic E-state index is 12.3. The van der Waals surface area contributed by atoms with Crippen molar-refractivity contribution < 1.29 is 14.7 Å². The number of carbonyl (C=O) groups is 2. The van der Waals surface area contributed by atoms with E-state index in [1.165, 1.54) is 4.90 Å². The number of hydrogen-bond acceptors (Lipinski definition) is 3. The molecule has 5 unspecified atom stereocenters. The van der Waals surface area contributed by atoms with Gasteiger partial charge in [-0.1, -0.05) is 12.2 Å². The average molecular weight is 235 g/mol. The second kappa shape index (κ2) is 3.67. The largest absolute Gasteiger partial charge is 0.396 e. The minimum Gasteiger partial charge on any atom is -0.396 e. The lowest BCUT2D eigenvalue weighted by Crippen LogP contribution is -2.40. The Morgan fingerprint density at radius 1 is 1.29 bits per heavy atom. The van der Waals surface area contributed by atoms with Crippen molar-refractivity contribution in [2.75, 3.05) is 6.61 Å². The van der Waals surface area contributed by atoms with Gasteiger partial charge >= 0.3 is 0 Å². The SMILES string of the molecule is CC(CCO)N1C(=O)C2C3C=CC(C3)C2C1=O. The zero-order chi connectivity index (χ0) is 12.2. The predicted molar refractivity (Wildman–Crippen MR) is 60.7 cm³/mol. The van der Waals surface area contributed by atoms with Crippen LogP contribution in [0.2, 0.25) is 0 Å². The van der Waals surface area contributed by atoms with Gasteiger partial charge in [-0.15, -0.1) is 0 Å². The van der Waals surface area contributed by atoms with Crippen LogP contribution >= 0.6 is 0 Å². The summed E-state index contributed by atoms with van der Waals surface area (Å²) in [4.78, 5) is 26.0. The summed E-state index contributed by atoms with van der Waals surface area (Å²) >= 11 is 0. The average Bonchev–Trinajstić information content (AvgIpc) is 2.93. The van der Waals surface area contributed by atoms with Gasteiger partial charge in [-0.2, -0.15) is 0 Å². The van der Waals surface area contributed by atoms with Crippen LogP contribution in [0.5, 0.6) is 0 Å². The molecule has 0 aromatic rings. The van der Waals surface area contributed by atoms with Gasteiger partial charge in [0, 0.05) is 12.6 Å². The predicted octanol–water partition coefficient (Wildman–Crippen LogP) is 0.564. The number of hydrogen-bond donors (Lipinski definition) is 1. The highest BCUT2D eigenvalue weighted by Crippen LogP contribution is 2.52. The molecule has 1 heterocycles. The molecule has 3 aliphatic rings. The number of allylic oxidation sites excluding steroid dienone is 2. The van der Waals surface area contributed by atoms with Gasteiger partial charge in [0.05, 0.1) is 11.8 Å². The van der Waals surface area contributed by atoms with Crippen molar-refractivity contribution in [3.63, 3.8) is 0 Å². The number of amides is 2. The van der Waals surface area contributed by atoms with Gasteiger partial charge in [-0.05, 0) is 31.6 Å². The van der Waals surface area contributed by atoms with Crippen molar-refractivity contribution in [1.82, 2.24) is 4.90 Å². The quantitative estimate of drug-likeness (QED) is 0.574. The normalized spacial score (nSPS) is 40.2. The summed E-state index contributed by atoms with van der Waals surface area (Å²) in [7, 11) is 0. The van der Waals surface area contributed by atoms with Gasteiger partial charge < -0.3 is 5.11 Å². The molecule has 1 N–H and O–H groups in total. The van der Waals surface area contributed by atoms with E-state index in [2.05, 4.69) is 12.2 Å². The second-order valence-electron chi connectivity index (χ2n) is 5.41. The summed E-state index contributed by atoms with van der Waals surface area (Å²) < 4.78 is 0. The number of fused-ring (bicyclic) bond motifs is 5. The Balaban J connectivity index is 1.87. The Morgan fingerprint density at radius 2 is 1.82 bits per heavy atom. The number of aliphatic hydroxyl groups excluding tert-OH is 1. The molecule has 4 nitrogen and oxygen atoms in total. The lowest BCUT2D eigenvalue weighted by Gasteiger charge is -2.23. The lowest BCUT2D eigenvalue weighted by molar-refractivity contribution is -0.143. The Hall–Kier alpha value is -1.16. The maximum Gasteiger partial charge on any atom is 0.233 e. The molecular formula is C13H17NO3. The van der Waals surface area contributed by atoms with Gasteiger partial charge in [-0.3, -0.25) is 14.5 Å². The van der Waals surface area contributed by atoms with Gasteiger partial charge in [0.1, 0.15) is 0 Å². The Bertz CT molecular complexity index is 373. The van der Waals surface area contributed by atoms with E-state index < -0.39 is 0 Å². The molecule has 0 spiro atoms. The molecule has 92 valence electrons. The summed E-state index contributed by atoms with van der Waals surface area (Å²) in [5, 5.41) is 8.93. The third-order valence-electron chi connectivity index (χ3n) is 4.49. The Morgan fingerprint density at radius 3 is 2.29 bits per heavy atom. The monoisotopic (exact) mass is 235 g/mol. The fourth-order valence-corrected chi connectivity index (χ4v) is 3.68. The van der Waals surface area contributed by atoms with Gasteiger partial charge in [0.25, 0.3) is 0 Å². The van der Waals surface area contributed by atoms with Crippen LogP contribution in [0.3, 0.4) is 0 Å².